The van der Waals surface area contributed by atoms with Gasteiger partial charge in [0.05, 0.1) is 6.04 Å². The van der Waals surface area contributed by atoms with Gasteiger partial charge in [-0.1, -0.05) is 18.2 Å². The summed E-state index contributed by atoms with van der Waals surface area (Å²) in [5, 5.41) is 4.82. The van der Waals surface area contributed by atoms with Crippen LogP contribution in [0.5, 0.6) is 5.75 Å². The fraction of sp³-hybridized carbons (Fsp3) is 0.100. The minimum Gasteiger partial charge on any atom is -0.484 e. The van der Waals surface area contributed by atoms with Crippen LogP contribution >= 0.6 is 11.3 Å². The molecule has 2 amide bonds. The van der Waals surface area contributed by atoms with Crippen LogP contribution in [0.25, 0.3) is 0 Å². The Hall–Kier alpha value is -3.19. The summed E-state index contributed by atoms with van der Waals surface area (Å²) >= 11 is 1.50. The fourth-order valence-electron chi connectivity index (χ4n) is 2.50. The van der Waals surface area contributed by atoms with E-state index in [9.17, 15) is 14.0 Å². The molecule has 0 saturated heterocycles. The van der Waals surface area contributed by atoms with E-state index in [2.05, 4.69) is 5.32 Å². The Morgan fingerprint density at radius 1 is 1.07 bits per heavy atom. The quantitative estimate of drug-likeness (QED) is 0.656. The largest absolute Gasteiger partial charge is 0.484 e. The Morgan fingerprint density at radius 2 is 1.78 bits per heavy atom. The van der Waals surface area contributed by atoms with E-state index in [1.807, 2.05) is 17.5 Å². The maximum absolute atomic E-state index is 13.2. The van der Waals surface area contributed by atoms with E-state index in [1.165, 1.54) is 35.6 Å². The normalized spacial score (nSPS) is 11.6. The van der Waals surface area contributed by atoms with Crippen LogP contribution in [-0.4, -0.2) is 18.4 Å². The number of thiophene rings is 1. The molecule has 0 aliphatic heterocycles. The number of hydrogen-bond donors (Lipinski definition) is 2. The summed E-state index contributed by atoms with van der Waals surface area (Å²) in [4.78, 5) is 24.4. The molecule has 1 aromatic heterocycles. The van der Waals surface area contributed by atoms with Crippen molar-refractivity contribution in [1.29, 1.82) is 0 Å². The van der Waals surface area contributed by atoms with Gasteiger partial charge in [-0.05, 0) is 53.4 Å². The third-order valence-electron chi connectivity index (χ3n) is 3.85. The van der Waals surface area contributed by atoms with Gasteiger partial charge in [-0.15, -0.1) is 11.3 Å². The molecule has 0 radical (unpaired) electrons. The van der Waals surface area contributed by atoms with Crippen molar-refractivity contribution in [3.05, 3.63) is 87.9 Å². The van der Waals surface area contributed by atoms with Crippen molar-refractivity contribution in [2.45, 2.75) is 6.04 Å². The van der Waals surface area contributed by atoms with Crippen molar-refractivity contribution < 1.29 is 18.7 Å². The second kappa shape index (κ2) is 8.46. The van der Waals surface area contributed by atoms with Crippen LogP contribution in [-0.2, 0) is 4.79 Å². The van der Waals surface area contributed by atoms with Gasteiger partial charge in [0.15, 0.2) is 6.61 Å². The maximum atomic E-state index is 13.2. The van der Waals surface area contributed by atoms with Gasteiger partial charge in [0.25, 0.3) is 5.91 Å². The third-order valence-corrected chi connectivity index (χ3v) is 4.78. The summed E-state index contributed by atoms with van der Waals surface area (Å²) in [7, 11) is 0. The molecule has 7 heteroatoms. The lowest BCUT2D eigenvalue weighted by atomic mass is 10.1. The number of nitrogens with one attached hydrogen (secondary N) is 1. The van der Waals surface area contributed by atoms with E-state index >= 15 is 0 Å². The van der Waals surface area contributed by atoms with Crippen LogP contribution in [0.15, 0.2) is 66.0 Å². The Labute approximate surface area is 159 Å². The molecule has 1 atom stereocenters. The molecular weight excluding hydrogens is 367 g/mol. The van der Waals surface area contributed by atoms with Crippen LogP contribution in [0.2, 0.25) is 0 Å². The summed E-state index contributed by atoms with van der Waals surface area (Å²) in [5.41, 5.74) is 6.32. The molecule has 5 nitrogen and oxygen atoms in total. The van der Waals surface area contributed by atoms with Crippen LogP contribution < -0.4 is 15.8 Å². The van der Waals surface area contributed by atoms with E-state index in [0.717, 1.165) is 10.4 Å². The van der Waals surface area contributed by atoms with Gasteiger partial charge < -0.3 is 15.8 Å². The number of ether oxygens (including phenoxy) is 1. The highest BCUT2D eigenvalue weighted by molar-refractivity contribution is 7.10. The standard InChI is InChI=1S/C20H17FN2O3S/c21-15-7-3-13(4-8-15)19(17-2-1-11-27-17)23-18(24)12-26-16-9-5-14(6-10-16)20(22)25/h1-11,19H,12H2,(H2,22,25)(H,23,24)/t19-/m1/s1. The second-order valence-corrected chi connectivity index (χ2v) is 6.72. The van der Waals surface area contributed by atoms with Crippen LogP contribution in [0, 0.1) is 5.82 Å². The number of primary amides is 1. The second-order valence-electron chi connectivity index (χ2n) is 5.74. The molecule has 0 unspecified atom stereocenters. The van der Waals surface area contributed by atoms with Crippen LogP contribution in [0.3, 0.4) is 0 Å². The topological polar surface area (TPSA) is 81.4 Å². The summed E-state index contributed by atoms with van der Waals surface area (Å²) in [6, 6.07) is 15.6. The maximum Gasteiger partial charge on any atom is 0.258 e. The molecule has 0 bridgehead atoms. The van der Waals surface area contributed by atoms with Crippen LogP contribution in [0.4, 0.5) is 4.39 Å². The monoisotopic (exact) mass is 384 g/mol. The van der Waals surface area contributed by atoms with Gasteiger partial charge >= 0.3 is 0 Å². The van der Waals surface area contributed by atoms with Gasteiger partial charge in [0.1, 0.15) is 11.6 Å². The Balaban J connectivity index is 1.66. The molecule has 0 aliphatic rings. The highest BCUT2D eigenvalue weighted by atomic mass is 32.1. The summed E-state index contributed by atoms with van der Waals surface area (Å²) in [5.74, 6) is -0.739. The molecular formula is C20H17FN2O3S. The Kier molecular flexibility index (Phi) is 5.83. The SMILES string of the molecule is NC(=O)c1ccc(OCC(=O)N[C@H](c2ccc(F)cc2)c2cccs2)cc1. The third kappa shape index (κ3) is 4.92. The predicted octanol–water partition coefficient (Wildman–Crippen LogP) is 3.27. The molecule has 3 aromatic rings. The zero-order valence-electron chi connectivity index (χ0n) is 14.2. The zero-order chi connectivity index (χ0) is 19.2. The molecule has 0 aliphatic carbocycles. The first-order valence-corrected chi connectivity index (χ1v) is 9.02. The minimum absolute atomic E-state index is 0.195. The van der Waals surface area contributed by atoms with Gasteiger partial charge in [0, 0.05) is 10.4 Å². The summed E-state index contributed by atoms with van der Waals surface area (Å²) in [6.07, 6.45) is 0. The number of carbonyl (C=O) groups excluding carboxylic acids is 2. The van der Waals surface area contributed by atoms with E-state index in [0.29, 0.717) is 11.3 Å². The van der Waals surface area contributed by atoms with Gasteiger partial charge in [-0.3, -0.25) is 9.59 Å². The lowest BCUT2D eigenvalue weighted by Gasteiger charge is -2.18. The van der Waals surface area contributed by atoms with Gasteiger partial charge in [0.2, 0.25) is 5.91 Å². The first-order valence-electron chi connectivity index (χ1n) is 8.14. The van der Waals surface area contributed by atoms with E-state index in [1.54, 1.807) is 24.3 Å². The first kappa shape index (κ1) is 18.6. The van der Waals surface area contributed by atoms with Crippen molar-refractivity contribution in [3.63, 3.8) is 0 Å². The molecule has 3 rings (SSSR count). The number of rotatable bonds is 7. The molecule has 0 saturated carbocycles. The average Bonchev–Trinajstić information content (AvgIpc) is 3.20. The van der Waals surface area contributed by atoms with Crippen molar-refractivity contribution in [1.82, 2.24) is 5.32 Å². The predicted molar refractivity (Wildman–Crippen MR) is 101 cm³/mol. The first-order chi connectivity index (χ1) is 13.0. The average molecular weight is 384 g/mol. The molecule has 0 fully saturated rings. The highest BCUT2D eigenvalue weighted by Crippen LogP contribution is 2.26. The fourth-order valence-corrected chi connectivity index (χ4v) is 3.30. The smallest absolute Gasteiger partial charge is 0.258 e. The van der Waals surface area contributed by atoms with Crippen molar-refractivity contribution in [2.24, 2.45) is 5.73 Å². The number of benzene rings is 2. The van der Waals surface area contributed by atoms with E-state index < -0.39 is 5.91 Å². The summed E-state index contributed by atoms with van der Waals surface area (Å²) in [6.45, 7) is -0.195. The van der Waals surface area contributed by atoms with E-state index in [-0.39, 0.29) is 24.4 Å². The van der Waals surface area contributed by atoms with Gasteiger partial charge in [-0.2, -0.15) is 0 Å². The lowest BCUT2D eigenvalue weighted by molar-refractivity contribution is -0.123. The Bertz CT molecular complexity index is 909. The minimum atomic E-state index is -0.530. The van der Waals surface area contributed by atoms with Crippen molar-refractivity contribution >= 4 is 23.2 Å². The lowest BCUT2D eigenvalue weighted by Crippen LogP contribution is -2.32. The molecule has 2 aromatic carbocycles. The highest BCUT2D eigenvalue weighted by Gasteiger charge is 2.18. The Morgan fingerprint density at radius 3 is 2.37 bits per heavy atom. The molecule has 138 valence electrons. The molecule has 27 heavy (non-hydrogen) atoms. The summed E-state index contributed by atoms with van der Waals surface area (Å²) < 4.78 is 18.7. The number of carbonyl (C=O) groups is 2. The molecule has 1 heterocycles. The molecule has 3 N–H and O–H groups in total. The zero-order valence-corrected chi connectivity index (χ0v) is 15.0. The van der Waals surface area contributed by atoms with Crippen molar-refractivity contribution in [2.75, 3.05) is 6.61 Å². The van der Waals surface area contributed by atoms with Gasteiger partial charge in [-0.25, -0.2) is 4.39 Å². The number of halogens is 1. The number of nitrogens with two attached hydrogens (primary N) is 1. The number of amides is 2. The number of hydrogen-bond acceptors (Lipinski definition) is 4. The van der Waals surface area contributed by atoms with Crippen molar-refractivity contribution in [3.8, 4) is 5.75 Å². The molecule has 0 spiro atoms. The van der Waals surface area contributed by atoms with E-state index in [4.69, 9.17) is 10.5 Å². The van der Waals surface area contributed by atoms with Crippen LogP contribution in [0.1, 0.15) is 26.8 Å².